The molecular formula is C9H6ClF3O3. The maximum Gasteiger partial charge on any atom is 0.573 e. The number of alkyl halides is 3. The van der Waals surface area contributed by atoms with Crippen molar-refractivity contribution in [1.82, 2.24) is 0 Å². The van der Waals surface area contributed by atoms with Crippen LogP contribution < -0.4 is 4.74 Å². The van der Waals surface area contributed by atoms with Crippen LogP contribution in [0.1, 0.15) is 5.56 Å². The maximum absolute atomic E-state index is 11.9. The minimum atomic E-state index is -4.86. The predicted molar refractivity (Wildman–Crippen MR) is 49.5 cm³/mol. The number of carboxylic acids is 1. The molecule has 16 heavy (non-hydrogen) atoms. The van der Waals surface area contributed by atoms with E-state index < -0.39 is 24.5 Å². The minimum Gasteiger partial charge on any atom is -0.481 e. The molecule has 0 amide bonds. The van der Waals surface area contributed by atoms with E-state index in [1.54, 1.807) is 0 Å². The summed E-state index contributed by atoms with van der Waals surface area (Å²) in [5.41, 5.74) is 0.177. The number of hydrogen-bond acceptors (Lipinski definition) is 2. The summed E-state index contributed by atoms with van der Waals surface area (Å²) < 4.78 is 39.4. The highest BCUT2D eigenvalue weighted by atomic mass is 35.5. The number of rotatable bonds is 3. The molecule has 1 N–H and O–H groups in total. The van der Waals surface area contributed by atoms with Crippen LogP contribution in [0.5, 0.6) is 5.75 Å². The van der Waals surface area contributed by atoms with Crippen molar-refractivity contribution in [3.05, 3.63) is 28.8 Å². The molecule has 0 saturated heterocycles. The summed E-state index contributed by atoms with van der Waals surface area (Å²) >= 11 is 5.47. The molecule has 1 aromatic carbocycles. The number of hydrogen-bond donors (Lipinski definition) is 1. The Morgan fingerprint density at radius 1 is 1.44 bits per heavy atom. The fourth-order valence-electron chi connectivity index (χ4n) is 1.04. The summed E-state index contributed by atoms with van der Waals surface area (Å²) in [6.45, 7) is 0. The second-order valence-corrected chi connectivity index (χ2v) is 3.29. The molecule has 0 unspecified atom stereocenters. The molecule has 0 aliphatic rings. The Labute approximate surface area is 93.4 Å². The van der Waals surface area contributed by atoms with Crippen molar-refractivity contribution in [2.45, 2.75) is 12.8 Å². The number of carboxylic acid groups (broad SMARTS) is 1. The predicted octanol–water partition coefficient (Wildman–Crippen LogP) is 2.87. The van der Waals surface area contributed by atoms with Gasteiger partial charge >= 0.3 is 12.3 Å². The van der Waals surface area contributed by atoms with Crippen LogP contribution in [0.25, 0.3) is 0 Å². The molecule has 0 bridgehead atoms. The normalized spacial score (nSPS) is 11.2. The molecule has 88 valence electrons. The van der Waals surface area contributed by atoms with Crippen molar-refractivity contribution in [3.8, 4) is 5.75 Å². The molecule has 0 aliphatic carbocycles. The SMILES string of the molecule is O=C(O)Cc1ccc(Cl)c(OC(F)(F)F)c1. The lowest BCUT2D eigenvalue weighted by Crippen LogP contribution is -2.17. The molecule has 0 fully saturated rings. The van der Waals surface area contributed by atoms with E-state index >= 15 is 0 Å². The molecule has 0 atom stereocenters. The monoisotopic (exact) mass is 254 g/mol. The van der Waals surface area contributed by atoms with E-state index in [2.05, 4.69) is 4.74 Å². The summed E-state index contributed by atoms with van der Waals surface area (Å²) in [6.07, 6.45) is -5.25. The lowest BCUT2D eigenvalue weighted by Gasteiger charge is -2.11. The van der Waals surface area contributed by atoms with Crippen LogP contribution >= 0.6 is 11.6 Å². The topological polar surface area (TPSA) is 46.5 Å². The Kier molecular flexibility index (Phi) is 3.64. The van der Waals surface area contributed by atoms with Gasteiger partial charge in [0, 0.05) is 0 Å². The number of benzene rings is 1. The Morgan fingerprint density at radius 3 is 2.56 bits per heavy atom. The fourth-order valence-corrected chi connectivity index (χ4v) is 1.19. The van der Waals surface area contributed by atoms with Gasteiger partial charge in [0.2, 0.25) is 0 Å². The zero-order valence-electron chi connectivity index (χ0n) is 7.71. The maximum atomic E-state index is 11.9. The molecule has 1 rings (SSSR count). The molecule has 0 radical (unpaired) electrons. The molecular weight excluding hydrogens is 249 g/mol. The molecule has 0 saturated carbocycles. The average molecular weight is 255 g/mol. The first-order chi connectivity index (χ1) is 7.28. The van der Waals surface area contributed by atoms with E-state index in [4.69, 9.17) is 16.7 Å². The van der Waals surface area contributed by atoms with Crippen LogP contribution in [0.4, 0.5) is 13.2 Å². The molecule has 0 spiro atoms. The summed E-state index contributed by atoms with van der Waals surface area (Å²) in [5, 5.41) is 8.23. The van der Waals surface area contributed by atoms with Crippen molar-refractivity contribution < 1.29 is 27.8 Å². The lowest BCUT2D eigenvalue weighted by atomic mass is 10.1. The van der Waals surface area contributed by atoms with Crippen molar-refractivity contribution in [2.24, 2.45) is 0 Å². The molecule has 0 aromatic heterocycles. The third kappa shape index (κ3) is 3.98. The van der Waals surface area contributed by atoms with Crippen LogP contribution in [-0.4, -0.2) is 17.4 Å². The van der Waals surface area contributed by atoms with Crippen molar-refractivity contribution in [2.75, 3.05) is 0 Å². The van der Waals surface area contributed by atoms with Crippen LogP contribution in [-0.2, 0) is 11.2 Å². The lowest BCUT2D eigenvalue weighted by molar-refractivity contribution is -0.274. The first-order valence-electron chi connectivity index (χ1n) is 4.04. The minimum absolute atomic E-state index is 0.177. The summed E-state index contributed by atoms with van der Waals surface area (Å²) in [7, 11) is 0. The average Bonchev–Trinajstić information content (AvgIpc) is 2.07. The largest absolute Gasteiger partial charge is 0.573 e. The van der Waals surface area contributed by atoms with E-state index in [0.29, 0.717) is 0 Å². The zero-order chi connectivity index (χ0) is 12.3. The highest BCUT2D eigenvalue weighted by Gasteiger charge is 2.32. The number of aliphatic carboxylic acids is 1. The van der Waals surface area contributed by atoms with Gasteiger partial charge in [-0.1, -0.05) is 17.7 Å². The Morgan fingerprint density at radius 2 is 2.06 bits per heavy atom. The van der Waals surface area contributed by atoms with E-state index in [-0.39, 0.29) is 10.6 Å². The van der Waals surface area contributed by atoms with Gasteiger partial charge in [-0.05, 0) is 17.7 Å². The highest BCUT2D eigenvalue weighted by Crippen LogP contribution is 2.30. The van der Waals surface area contributed by atoms with Crippen LogP contribution in [0.3, 0.4) is 0 Å². The summed E-state index contributed by atoms with van der Waals surface area (Å²) in [6, 6.07) is 3.42. The smallest absolute Gasteiger partial charge is 0.481 e. The van der Waals surface area contributed by atoms with Crippen LogP contribution in [0, 0.1) is 0 Å². The van der Waals surface area contributed by atoms with Gasteiger partial charge < -0.3 is 9.84 Å². The van der Waals surface area contributed by atoms with Gasteiger partial charge in [-0.3, -0.25) is 4.79 Å². The highest BCUT2D eigenvalue weighted by molar-refractivity contribution is 6.32. The Balaban J connectivity index is 2.95. The first kappa shape index (κ1) is 12.6. The van der Waals surface area contributed by atoms with Gasteiger partial charge in [0.1, 0.15) is 5.75 Å². The second-order valence-electron chi connectivity index (χ2n) is 2.88. The van der Waals surface area contributed by atoms with Crippen molar-refractivity contribution in [1.29, 1.82) is 0 Å². The third-order valence-electron chi connectivity index (χ3n) is 1.58. The number of ether oxygens (including phenoxy) is 1. The van der Waals surface area contributed by atoms with E-state index in [1.807, 2.05) is 0 Å². The van der Waals surface area contributed by atoms with Gasteiger partial charge in [0.05, 0.1) is 11.4 Å². The molecule has 0 aliphatic heterocycles. The summed E-state index contributed by atoms with van der Waals surface area (Å²) in [4.78, 5) is 10.4. The van der Waals surface area contributed by atoms with Crippen LogP contribution in [0.2, 0.25) is 5.02 Å². The standard InChI is InChI=1S/C9H6ClF3O3/c10-6-2-1-5(4-8(14)15)3-7(6)16-9(11,12)13/h1-3H,4H2,(H,14,15). The van der Waals surface area contributed by atoms with Gasteiger partial charge in [-0.2, -0.15) is 0 Å². The van der Waals surface area contributed by atoms with Gasteiger partial charge in [-0.25, -0.2) is 0 Å². The van der Waals surface area contributed by atoms with Gasteiger partial charge in [-0.15, -0.1) is 13.2 Å². The van der Waals surface area contributed by atoms with Gasteiger partial charge in [0.15, 0.2) is 0 Å². The van der Waals surface area contributed by atoms with Crippen LogP contribution in [0.15, 0.2) is 18.2 Å². The number of halogens is 4. The molecule has 7 heteroatoms. The third-order valence-corrected chi connectivity index (χ3v) is 1.89. The summed E-state index contributed by atoms with van der Waals surface area (Å²) in [5.74, 6) is -1.76. The fraction of sp³-hybridized carbons (Fsp3) is 0.222. The Bertz CT molecular complexity index is 403. The van der Waals surface area contributed by atoms with E-state index in [9.17, 15) is 18.0 Å². The quantitative estimate of drug-likeness (QED) is 0.902. The van der Waals surface area contributed by atoms with E-state index in [1.165, 1.54) is 6.07 Å². The molecule has 1 aromatic rings. The van der Waals surface area contributed by atoms with Crippen molar-refractivity contribution in [3.63, 3.8) is 0 Å². The first-order valence-corrected chi connectivity index (χ1v) is 4.42. The molecule has 0 heterocycles. The van der Waals surface area contributed by atoms with Gasteiger partial charge in [0.25, 0.3) is 0 Å². The second kappa shape index (κ2) is 4.61. The van der Waals surface area contributed by atoms with Crippen molar-refractivity contribution >= 4 is 17.6 Å². The Hall–Kier alpha value is -1.43. The number of carbonyl (C=O) groups is 1. The van der Waals surface area contributed by atoms with E-state index in [0.717, 1.165) is 12.1 Å². The molecule has 3 nitrogen and oxygen atoms in total. The zero-order valence-corrected chi connectivity index (χ0v) is 8.47.